The van der Waals surface area contributed by atoms with Crippen LogP contribution in [-0.2, 0) is 4.79 Å². The summed E-state index contributed by atoms with van der Waals surface area (Å²) in [5.41, 5.74) is -4.03. The number of rotatable bonds is 2. The van der Waals surface area contributed by atoms with E-state index >= 15 is 0 Å². The molecule has 1 fully saturated rings. The van der Waals surface area contributed by atoms with Crippen LogP contribution in [0.4, 0.5) is 17.6 Å². The lowest BCUT2D eigenvalue weighted by atomic mass is 10.00. The molecule has 0 heterocycles. The van der Waals surface area contributed by atoms with Crippen molar-refractivity contribution in [2.24, 2.45) is 5.92 Å². The molecule has 1 rings (SSSR count). The lowest BCUT2D eigenvalue weighted by Crippen LogP contribution is -2.50. The fourth-order valence-electron chi connectivity index (χ4n) is 1.01. The number of halogens is 4. The van der Waals surface area contributed by atoms with Gasteiger partial charge in [0.15, 0.2) is 0 Å². The van der Waals surface area contributed by atoms with E-state index in [4.69, 9.17) is 5.11 Å². The minimum Gasteiger partial charge on any atom is -0.479 e. The largest absolute Gasteiger partial charge is 0.479 e. The quantitative estimate of drug-likeness (QED) is 0.667. The van der Waals surface area contributed by atoms with Gasteiger partial charge in [0.25, 0.3) is 0 Å². The van der Waals surface area contributed by atoms with Crippen molar-refractivity contribution in [1.82, 2.24) is 0 Å². The Balaban J connectivity index is 2.93. The highest BCUT2D eigenvalue weighted by Crippen LogP contribution is 2.50. The monoisotopic (exact) mass is 186 g/mol. The van der Waals surface area contributed by atoms with E-state index in [0.29, 0.717) is 0 Å². The molecule has 0 aromatic heterocycles. The van der Waals surface area contributed by atoms with E-state index in [1.807, 2.05) is 0 Å². The second-order valence-corrected chi connectivity index (χ2v) is 2.79. The third-order valence-corrected chi connectivity index (χ3v) is 1.86. The Morgan fingerprint density at radius 3 is 1.75 bits per heavy atom. The van der Waals surface area contributed by atoms with E-state index in [1.54, 1.807) is 0 Å². The summed E-state index contributed by atoms with van der Waals surface area (Å²) in [5, 5.41) is 8.08. The first-order valence-electron chi connectivity index (χ1n) is 3.29. The molecular formula is C6H6F4O2. The third-order valence-electron chi connectivity index (χ3n) is 1.86. The highest BCUT2D eigenvalue weighted by molar-refractivity contribution is 5.79. The van der Waals surface area contributed by atoms with E-state index in [9.17, 15) is 22.4 Å². The van der Waals surface area contributed by atoms with Gasteiger partial charge < -0.3 is 5.11 Å². The van der Waals surface area contributed by atoms with Gasteiger partial charge in [0, 0.05) is 5.92 Å². The van der Waals surface area contributed by atoms with Crippen LogP contribution >= 0.6 is 0 Å². The van der Waals surface area contributed by atoms with Crippen LogP contribution in [0.1, 0.15) is 12.8 Å². The molecule has 1 saturated carbocycles. The van der Waals surface area contributed by atoms with Crippen molar-refractivity contribution in [1.29, 1.82) is 0 Å². The Morgan fingerprint density at radius 2 is 1.67 bits per heavy atom. The maximum absolute atomic E-state index is 12.9. The van der Waals surface area contributed by atoms with Gasteiger partial charge in [-0.1, -0.05) is 0 Å². The van der Waals surface area contributed by atoms with Crippen LogP contribution in [0.2, 0.25) is 0 Å². The molecule has 0 aromatic rings. The van der Waals surface area contributed by atoms with E-state index in [-0.39, 0.29) is 12.8 Å². The van der Waals surface area contributed by atoms with Crippen LogP contribution in [0.25, 0.3) is 0 Å². The number of carboxylic acid groups (broad SMARTS) is 1. The predicted octanol–water partition coefficient (Wildman–Crippen LogP) is 1.75. The first-order valence-corrected chi connectivity index (χ1v) is 3.29. The van der Waals surface area contributed by atoms with Crippen LogP contribution < -0.4 is 0 Å². The average molecular weight is 186 g/mol. The van der Waals surface area contributed by atoms with E-state index < -0.39 is 23.7 Å². The fraction of sp³-hybridized carbons (Fsp3) is 0.833. The summed E-state index contributed by atoms with van der Waals surface area (Å²) in [6.07, 6.45) is -5.33. The first kappa shape index (κ1) is 9.28. The molecule has 1 aliphatic rings. The third kappa shape index (κ3) is 1.15. The summed E-state index contributed by atoms with van der Waals surface area (Å²) in [4.78, 5) is 10.1. The number of carboxylic acids is 1. The zero-order valence-electron chi connectivity index (χ0n) is 5.86. The molecule has 1 aliphatic carbocycles. The van der Waals surface area contributed by atoms with Gasteiger partial charge in [-0.05, 0) is 12.8 Å². The van der Waals surface area contributed by atoms with Crippen LogP contribution in [-0.4, -0.2) is 22.9 Å². The van der Waals surface area contributed by atoms with Gasteiger partial charge in [-0.25, -0.2) is 9.18 Å². The molecule has 2 nitrogen and oxygen atoms in total. The van der Waals surface area contributed by atoms with Gasteiger partial charge in [-0.3, -0.25) is 0 Å². The van der Waals surface area contributed by atoms with Crippen molar-refractivity contribution in [3.63, 3.8) is 0 Å². The number of alkyl halides is 4. The second kappa shape index (κ2) is 2.34. The molecule has 6 heteroatoms. The van der Waals surface area contributed by atoms with Crippen molar-refractivity contribution in [2.45, 2.75) is 24.7 Å². The summed E-state index contributed by atoms with van der Waals surface area (Å²) in [7, 11) is 0. The highest BCUT2D eigenvalue weighted by Gasteiger charge is 2.69. The van der Waals surface area contributed by atoms with E-state index in [1.165, 1.54) is 0 Å². The Labute approximate surface area is 65.2 Å². The molecule has 1 atom stereocenters. The van der Waals surface area contributed by atoms with Crippen LogP contribution in [0.15, 0.2) is 0 Å². The highest BCUT2D eigenvalue weighted by atomic mass is 19.4. The average Bonchev–Trinajstić information content (AvgIpc) is 2.63. The number of carbonyl (C=O) groups is 1. The molecule has 0 bridgehead atoms. The first-order chi connectivity index (χ1) is 5.30. The van der Waals surface area contributed by atoms with Gasteiger partial charge in [-0.2, -0.15) is 13.2 Å². The summed E-state index contributed by atoms with van der Waals surface area (Å²) in [5.74, 6) is -3.83. The number of hydrogen-bond donors (Lipinski definition) is 1. The number of aliphatic carboxylic acids is 1. The SMILES string of the molecule is O=C(O)C(F)(C1CC1)C(F)(F)F. The Hall–Kier alpha value is -0.810. The Bertz CT molecular complexity index is 208. The van der Waals surface area contributed by atoms with Crippen LogP contribution in [0.5, 0.6) is 0 Å². The molecule has 0 radical (unpaired) electrons. The van der Waals surface area contributed by atoms with Gasteiger partial charge in [0.2, 0.25) is 0 Å². The van der Waals surface area contributed by atoms with E-state index in [0.717, 1.165) is 0 Å². The smallest absolute Gasteiger partial charge is 0.433 e. The predicted molar refractivity (Wildman–Crippen MR) is 30.3 cm³/mol. The summed E-state index contributed by atoms with van der Waals surface area (Å²) in [6.45, 7) is 0. The zero-order chi connectivity index (χ0) is 9.57. The Morgan fingerprint density at radius 1 is 1.25 bits per heavy atom. The van der Waals surface area contributed by atoms with Crippen LogP contribution in [0.3, 0.4) is 0 Å². The lowest BCUT2D eigenvalue weighted by molar-refractivity contribution is -0.242. The van der Waals surface area contributed by atoms with Crippen molar-refractivity contribution >= 4 is 5.97 Å². The van der Waals surface area contributed by atoms with Gasteiger partial charge in [0.05, 0.1) is 0 Å². The van der Waals surface area contributed by atoms with Gasteiger partial charge >= 0.3 is 17.8 Å². The van der Waals surface area contributed by atoms with Crippen molar-refractivity contribution < 1.29 is 27.5 Å². The Kier molecular flexibility index (Phi) is 1.81. The lowest BCUT2D eigenvalue weighted by Gasteiger charge is -2.22. The van der Waals surface area contributed by atoms with Crippen molar-refractivity contribution in [2.75, 3.05) is 0 Å². The number of hydrogen-bond acceptors (Lipinski definition) is 1. The molecule has 1 unspecified atom stereocenters. The molecule has 1 N–H and O–H groups in total. The fourth-order valence-corrected chi connectivity index (χ4v) is 1.01. The molecule has 0 spiro atoms. The van der Waals surface area contributed by atoms with Crippen molar-refractivity contribution in [3.8, 4) is 0 Å². The molecule has 0 amide bonds. The maximum atomic E-state index is 12.9. The summed E-state index contributed by atoms with van der Waals surface area (Å²) < 4.78 is 48.6. The molecule has 12 heavy (non-hydrogen) atoms. The molecule has 0 saturated heterocycles. The molecule has 0 aromatic carbocycles. The molecule has 0 aliphatic heterocycles. The maximum Gasteiger partial charge on any atom is 0.433 e. The van der Waals surface area contributed by atoms with E-state index in [2.05, 4.69) is 0 Å². The van der Waals surface area contributed by atoms with Crippen LogP contribution in [0, 0.1) is 5.92 Å². The second-order valence-electron chi connectivity index (χ2n) is 2.79. The zero-order valence-corrected chi connectivity index (χ0v) is 5.86. The molecule has 70 valence electrons. The van der Waals surface area contributed by atoms with Gasteiger partial charge in [0.1, 0.15) is 0 Å². The summed E-state index contributed by atoms with van der Waals surface area (Å²) in [6, 6.07) is 0. The summed E-state index contributed by atoms with van der Waals surface area (Å²) >= 11 is 0. The minimum absolute atomic E-state index is 0.0116. The van der Waals surface area contributed by atoms with Gasteiger partial charge in [-0.15, -0.1) is 0 Å². The minimum atomic E-state index is -5.31. The van der Waals surface area contributed by atoms with Crippen molar-refractivity contribution in [3.05, 3.63) is 0 Å². The standard InChI is InChI=1S/C6H6F4O2/c7-5(4(11)12,3-1-2-3)6(8,9)10/h3H,1-2H2,(H,11,12). The molecular weight excluding hydrogens is 180 g/mol. The topological polar surface area (TPSA) is 37.3 Å². The normalized spacial score (nSPS) is 23.3.